The second-order valence-electron chi connectivity index (χ2n) is 6.11. The number of hydrogen-bond donors (Lipinski definition) is 2. The summed E-state index contributed by atoms with van der Waals surface area (Å²) < 4.78 is 5.20. The van der Waals surface area contributed by atoms with Crippen LogP contribution in [0.2, 0.25) is 0 Å². The zero-order valence-corrected chi connectivity index (χ0v) is 13.2. The summed E-state index contributed by atoms with van der Waals surface area (Å²) in [5.41, 5.74) is 0.900. The maximum atomic E-state index is 11.7. The van der Waals surface area contributed by atoms with Gasteiger partial charge in [-0.05, 0) is 5.56 Å². The van der Waals surface area contributed by atoms with Crippen molar-refractivity contribution in [2.24, 2.45) is 0 Å². The summed E-state index contributed by atoms with van der Waals surface area (Å²) >= 11 is 0. The minimum atomic E-state index is -0.205. The summed E-state index contributed by atoms with van der Waals surface area (Å²) in [4.78, 5) is 16.0. The Bertz CT molecular complexity index is 602. The van der Waals surface area contributed by atoms with E-state index >= 15 is 0 Å². The molecule has 0 unspecified atom stereocenters. The predicted octanol–water partition coefficient (Wildman–Crippen LogP) is 2.41. The molecule has 1 aromatic carbocycles. The normalized spacial score (nSPS) is 11.2. The fourth-order valence-corrected chi connectivity index (χ4v) is 1.79. The molecule has 0 fully saturated rings. The number of nitrogens with one attached hydrogen (secondary N) is 2. The van der Waals surface area contributed by atoms with E-state index in [1.54, 1.807) is 0 Å². The number of amides is 2. The lowest BCUT2D eigenvalue weighted by Gasteiger charge is -2.10. The quantitative estimate of drug-likeness (QED) is 0.889. The van der Waals surface area contributed by atoms with Crippen LogP contribution in [0.5, 0.6) is 0 Å². The molecule has 0 atom stereocenters. The molecule has 0 saturated heterocycles. The highest BCUT2D eigenvalue weighted by atomic mass is 16.5. The van der Waals surface area contributed by atoms with Gasteiger partial charge in [0.2, 0.25) is 5.89 Å². The molecule has 0 aliphatic carbocycles. The predicted molar refractivity (Wildman–Crippen MR) is 83.4 cm³/mol. The van der Waals surface area contributed by atoms with E-state index < -0.39 is 0 Å². The van der Waals surface area contributed by atoms with E-state index in [-0.39, 0.29) is 11.4 Å². The highest BCUT2D eigenvalue weighted by Crippen LogP contribution is 2.19. The third-order valence-electron chi connectivity index (χ3n) is 3.04. The van der Waals surface area contributed by atoms with Crippen LogP contribution in [-0.2, 0) is 18.4 Å². The zero-order valence-electron chi connectivity index (χ0n) is 13.2. The summed E-state index contributed by atoms with van der Waals surface area (Å²) in [7, 11) is 0. The first-order valence-corrected chi connectivity index (χ1v) is 7.34. The molecule has 0 aliphatic heterocycles. The van der Waals surface area contributed by atoms with Gasteiger partial charge in [-0.3, -0.25) is 0 Å². The number of rotatable bonds is 5. The van der Waals surface area contributed by atoms with Crippen molar-refractivity contribution in [3.63, 3.8) is 0 Å². The molecule has 118 valence electrons. The SMILES string of the molecule is CC(C)(C)c1nc(CCNC(=O)NCc2ccccc2)no1. The molecule has 0 aliphatic rings. The van der Waals surface area contributed by atoms with E-state index in [4.69, 9.17) is 4.52 Å². The Morgan fingerprint density at radius 1 is 1.18 bits per heavy atom. The molecule has 0 spiro atoms. The van der Waals surface area contributed by atoms with E-state index in [9.17, 15) is 4.79 Å². The molecule has 0 radical (unpaired) electrons. The Morgan fingerprint density at radius 3 is 2.55 bits per heavy atom. The molecule has 0 bridgehead atoms. The topological polar surface area (TPSA) is 80.0 Å². The van der Waals surface area contributed by atoms with Gasteiger partial charge < -0.3 is 15.2 Å². The summed E-state index contributed by atoms with van der Waals surface area (Å²) in [6.45, 7) is 7.01. The maximum absolute atomic E-state index is 11.7. The first-order chi connectivity index (χ1) is 10.4. The lowest BCUT2D eigenvalue weighted by atomic mass is 9.97. The molecule has 2 amide bonds. The summed E-state index contributed by atoms with van der Waals surface area (Å²) in [5.74, 6) is 1.21. The number of benzene rings is 1. The summed E-state index contributed by atoms with van der Waals surface area (Å²) in [6.07, 6.45) is 0.540. The maximum Gasteiger partial charge on any atom is 0.315 e. The van der Waals surface area contributed by atoms with Gasteiger partial charge in [0.05, 0.1) is 0 Å². The Hall–Kier alpha value is -2.37. The zero-order chi connectivity index (χ0) is 16.0. The summed E-state index contributed by atoms with van der Waals surface area (Å²) in [6, 6.07) is 9.56. The van der Waals surface area contributed by atoms with Crippen LogP contribution in [-0.4, -0.2) is 22.7 Å². The van der Waals surface area contributed by atoms with E-state index in [2.05, 4.69) is 20.8 Å². The average molecular weight is 302 g/mol. The van der Waals surface area contributed by atoms with Gasteiger partial charge in [-0.2, -0.15) is 4.98 Å². The number of nitrogens with zero attached hydrogens (tertiary/aromatic N) is 2. The number of hydrogen-bond acceptors (Lipinski definition) is 4. The Morgan fingerprint density at radius 2 is 1.91 bits per heavy atom. The van der Waals surface area contributed by atoms with Crippen molar-refractivity contribution < 1.29 is 9.32 Å². The number of urea groups is 1. The number of aromatic nitrogens is 2. The summed E-state index contributed by atoms with van der Waals surface area (Å²) in [5, 5.41) is 9.49. The van der Waals surface area contributed by atoms with Crippen LogP contribution >= 0.6 is 0 Å². The molecule has 2 N–H and O–H groups in total. The monoisotopic (exact) mass is 302 g/mol. The van der Waals surface area contributed by atoms with Crippen LogP contribution in [0.1, 0.15) is 38.0 Å². The van der Waals surface area contributed by atoms with Gasteiger partial charge in [0.15, 0.2) is 5.82 Å². The Labute approximate surface area is 130 Å². The van der Waals surface area contributed by atoms with Crippen molar-refractivity contribution in [1.82, 2.24) is 20.8 Å². The van der Waals surface area contributed by atoms with Crippen LogP contribution in [0.4, 0.5) is 4.79 Å². The molecule has 22 heavy (non-hydrogen) atoms. The molecular formula is C16H22N4O2. The van der Waals surface area contributed by atoms with Gasteiger partial charge in [-0.15, -0.1) is 0 Å². The van der Waals surface area contributed by atoms with Crippen LogP contribution in [0.15, 0.2) is 34.9 Å². The Balaban J connectivity index is 1.70. The number of carbonyl (C=O) groups is 1. The fourth-order valence-electron chi connectivity index (χ4n) is 1.79. The first kappa shape index (κ1) is 16.0. The smallest absolute Gasteiger partial charge is 0.315 e. The van der Waals surface area contributed by atoms with Gasteiger partial charge in [0.25, 0.3) is 0 Å². The molecule has 0 saturated carbocycles. The van der Waals surface area contributed by atoms with Crippen LogP contribution in [0.3, 0.4) is 0 Å². The molecule has 2 rings (SSSR count). The second-order valence-corrected chi connectivity index (χ2v) is 6.11. The molecule has 2 aromatic rings. The van der Waals surface area contributed by atoms with Crippen molar-refractivity contribution in [2.45, 2.75) is 39.2 Å². The molecule has 6 heteroatoms. The van der Waals surface area contributed by atoms with Crippen LogP contribution in [0, 0.1) is 0 Å². The van der Waals surface area contributed by atoms with Crippen molar-refractivity contribution in [3.05, 3.63) is 47.6 Å². The highest BCUT2D eigenvalue weighted by molar-refractivity contribution is 5.73. The average Bonchev–Trinajstić information content (AvgIpc) is 2.95. The Kier molecular flexibility index (Phi) is 5.14. The van der Waals surface area contributed by atoms with Crippen molar-refractivity contribution in [3.8, 4) is 0 Å². The van der Waals surface area contributed by atoms with Gasteiger partial charge in [0.1, 0.15) is 0 Å². The second kappa shape index (κ2) is 7.06. The largest absolute Gasteiger partial charge is 0.339 e. The minimum Gasteiger partial charge on any atom is -0.339 e. The van der Waals surface area contributed by atoms with E-state index in [0.717, 1.165) is 5.56 Å². The highest BCUT2D eigenvalue weighted by Gasteiger charge is 2.21. The molecular weight excluding hydrogens is 280 g/mol. The lowest BCUT2D eigenvalue weighted by molar-refractivity contribution is 0.240. The van der Waals surface area contributed by atoms with Gasteiger partial charge in [-0.1, -0.05) is 56.3 Å². The third kappa shape index (κ3) is 4.87. The fraction of sp³-hybridized carbons (Fsp3) is 0.438. The van der Waals surface area contributed by atoms with Crippen LogP contribution < -0.4 is 10.6 Å². The molecule has 6 nitrogen and oxygen atoms in total. The molecule has 1 heterocycles. The van der Waals surface area contributed by atoms with Gasteiger partial charge in [0, 0.05) is 24.9 Å². The standard InChI is InChI=1S/C16H22N4O2/c1-16(2,3)14-19-13(20-22-14)9-10-17-15(21)18-11-12-7-5-4-6-8-12/h4-8H,9-11H2,1-3H3,(H2,17,18,21). The van der Waals surface area contributed by atoms with E-state index in [1.807, 2.05) is 51.1 Å². The first-order valence-electron chi connectivity index (χ1n) is 7.34. The van der Waals surface area contributed by atoms with Crippen molar-refractivity contribution >= 4 is 6.03 Å². The van der Waals surface area contributed by atoms with Gasteiger partial charge in [-0.25, -0.2) is 4.79 Å². The van der Waals surface area contributed by atoms with Crippen LogP contribution in [0.25, 0.3) is 0 Å². The molecule has 1 aromatic heterocycles. The van der Waals surface area contributed by atoms with Gasteiger partial charge >= 0.3 is 6.03 Å². The number of carbonyl (C=O) groups excluding carboxylic acids is 1. The van der Waals surface area contributed by atoms with E-state index in [0.29, 0.717) is 31.2 Å². The van der Waals surface area contributed by atoms with Crippen molar-refractivity contribution in [2.75, 3.05) is 6.54 Å². The van der Waals surface area contributed by atoms with Crippen molar-refractivity contribution in [1.29, 1.82) is 0 Å². The lowest BCUT2D eigenvalue weighted by Crippen LogP contribution is -2.36. The third-order valence-corrected chi connectivity index (χ3v) is 3.04. The van der Waals surface area contributed by atoms with E-state index in [1.165, 1.54) is 0 Å². The minimum absolute atomic E-state index is 0.161.